The van der Waals surface area contributed by atoms with Gasteiger partial charge in [0, 0.05) is 31.7 Å². The van der Waals surface area contributed by atoms with Crippen LogP contribution in [0.1, 0.15) is 26.3 Å². The molecular weight excluding hydrogens is 254 g/mol. The molecule has 1 rings (SSSR count). The number of aryl methyl sites for hydroxylation is 1. The molecule has 0 aliphatic heterocycles. The number of benzene rings is 1. The molecule has 0 heterocycles. The number of carbonyl (C=O) groups excluding carboxylic acids is 2. The van der Waals surface area contributed by atoms with E-state index in [9.17, 15) is 9.59 Å². The van der Waals surface area contributed by atoms with Crippen LogP contribution in [0.2, 0.25) is 0 Å². The maximum absolute atomic E-state index is 11.7. The molecule has 3 amide bonds. The van der Waals surface area contributed by atoms with Crippen LogP contribution in [-0.2, 0) is 4.79 Å². The second kappa shape index (κ2) is 7.53. The molecule has 0 saturated carbocycles. The van der Waals surface area contributed by atoms with Gasteiger partial charge in [0.1, 0.15) is 0 Å². The summed E-state index contributed by atoms with van der Waals surface area (Å²) in [6, 6.07) is 7.62. The largest absolute Gasteiger partial charge is 0.336 e. The number of urea groups is 1. The fraction of sp³-hybridized carbons (Fsp3) is 0.467. The third-order valence-corrected chi connectivity index (χ3v) is 2.77. The third kappa shape index (κ3) is 5.30. The van der Waals surface area contributed by atoms with Crippen LogP contribution >= 0.6 is 0 Å². The fourth-order valence-corrected chi connectivity index (χ4v) is 1.79. The first-order chi connectivity index (χ1) is 9.40. The van der Waals surface area contributed by atoms with Crippen molar-refractivity contribution in [3.05, 3.63) is 29.8 Å². The Kier molecular flexibility index (Phi) is 6.03. The molecule has 5 heteroatoms. The van der Waals surface area contributed by atoms with Crippen molar-refractivity contribution in [2.45, 2.75) is 33.7 Å². The Morgan fingerprint density at radius 1 is 1.20 bits per heavy atom. The van der Waals surface area contributed by atoms with Crippen LogP contribution in [0, 0.1) is 6.92 Å². The summed E-state index contributed by atoms with van der Waals surface area (Å²) in [6.07, 6.45) is 0. The van der Waals surface area contributed by atoms with Crippen molar-refractivity contribution in [2.75, 3.05) is 18.0 Å². The average molecular weight is 277 g/mol. The molecule has 2 N–H and O–H groups in total. The van der Waals surface area contributed by atoms with Crippen LogP contribution < -0.4 is 15.5 Å². The van der Waals surface area contributed by atoms with E-state index in [1.54, 1.807) is 4.90 Å². The van der Waals surface area contributed by atoms with Gasteiger partial charge in [-0.15, -0.1) is 0 Å². The number of nitrogens with zero attached hydrogens (tertiary/aromatic N) is 1. The van der Waals surface area contributed by atoms with Gasteiger partial charge in [-0.25, -0.2) is 4.79 Å². The topological polar surface area (TPSA) is 61.4 Å². The lowest BCUT2D eigenvalue weighted by Gasteiger charge is -2.21. The van der Waals surface area contributed by atoms with E-state index in [0.29, 0.717) is 13.1 Å². The summed E-state index contributed by atoms with van der Waals surface area (Å²) in [6.45, 7) is 8.17. The quantitative estimate of drug-likeness (QED) is 0.865. The van der Waals surface area contributed by atoms with Gasteiger partial charge in [-0.1, -0.05) is 17.7 Å². The van der Waals surface area contributed by atoms with Crippen LogP contribution in [-0.4, -0.2) is 31.1 Å². The Balaban J connectivity index is 2.54. The Morgan fingerprint density at radius 2 is 1.80 bits per heavy atom. The van der Waals surface area contributed by atoms with Crippen molar-refractivity contribution < 1.29 is 9.59 Å². The molecule has 0 spiro atoms. The highest BCUT2D eigenvalue weighted by Gasteiger charge is 2.11. The molecule has 0 bridgehead atoms. The number of hydrogen-bond donors (Lipinski definition) is 2. The fourth-order valence-electron chi connectivity index (χ4n) is 1.79. The molecule has 1 aromatic rings. The summed E-state index contributed by atoms with van der Waals surface area (Å²) in [4.78, 5) is 24.8. The van der Waals surface area contributed by atoms with Crippen LogP contribution in [0.3, 0.4) is 0 Å². The van der Waals surface area contributed by atoms with Gasteiger partial charge in [-0.05, 0) is 32.9 Å². The molecule has 0 radical (unpaired) electrons. The lowest BCUT2D eigenvalue weighted by Crippen LogP contribution is -2.43. The van der Waals surface area contributed by atoms with Gasteiger partial charge >= 0.3 is 6.03 Å². The number of nitrogens with one attached hydrogen (secondary N) is 2. The van der Waals surface area contributed by atoms with Crippen molar-refractivity contribution in [2.24, 2.45) is 0 Å². The summed E-state index contributed by atoms with van der Waals surface area (Å²) in [5.74, 6) is -0.0417. The summed E-state index contributed by atoms with van der Waals surface area (Å²) < 4.78 is 0. The smallest absolute Gasteiger partial charge is 0.315 e. The highest BCUT2D eigenvalue weighted by Crippen LogP contribution is 2.14. The van der Waals surface area contributed by atoms with Crippen molar-refractivity contribution in [1.82, 2.24) is 10.6 Å². The van der Waals surface area contributed by atoms with Crippen LogP contribution in [0.5, 0.6) is 0 Å². The average Bonchev–Trinajstić information content (AvgIpc) is 2.35. The van der Waals surface area contributed by atoms with E-state index in [1.807, 2.05) is 45.0 Å². The molecule has 0 aromatic heterocycles. The standard InChI is InChI=1S/C15H23N3O2/c1-11(2)17-15(20)16-9-10-18(13(4)19)14-7-5-12(3)6-8-14/h5-8,11H,9-10H2,1-4H3,(H2,16,17,20). The molecule has 0 atom stereocenters. The molecule has 20 heavy (non-hydrogen) atoms. The highest BCUT2D eigenvalue weighted by atomic mass is 16.2. The maximum Gasteiger partial charge on any atom is 0.315 e. The van der Waals surface area contributed by atoms with E-state index in [4.69, 9.17) is 0 Å². The maximum atomic E-state index is 11.7. The Morgan fingerprint density at radius 3 is 2.30 bits per heavy atom. The second-order valence-electron chi connectivity index (χ2n) is 5.06. The van der Waals surface area contributed by atoms with E-state index < -0.39 is 0 Å². The number of hydrogen-bond acceptors (Lipinski definition) is 2. The zero-order valence-corrected chi connectivity index (χ0v) is 12.6. The number of carbonyl (C=O) groups is 2. The van der Waals surface area contributed by atoms with Crippen molar-refractivity contribution in [3.8, 4) is 0 Å². The van der Waals surface area contributed by atoms with E-state index in [1.165, 1.54) is 6.92 Å². The second-order valence-corrected chi connectivity index (χ2v) is 5.06. The molecule has 0 unspecified atom stereocenters. The van der Waals surface area contributed by atoms with E-state index in [-0.39, 0.29) is 18.0 Å². The molecule has 0 fully saturated rings. The molecule has 110 valence electrons. The molecule has 0 aliphatic rings. The first-order valence-electron chi connectivity index (χ1n) is 6.79. The third-order valence-electron chi connectivity index (χ3n) is 2.77. The molecule has 1 aromatic carbocycles. The van der Waals surface area contributed by atoms with E-state index in [0.717, 1.165) is 11.3 Å². The number of rotatable bonds is 5. The normalized spacial score (nSPS) is 10.2. The summed E-state index contributed by atoms with van der Waals surface area (Å²) in [5, 5.41) is 5.48. The minimum atomic E-state index is -0.215. The zero-order valence-electron chi connectivity index (χ0n) is 12.6. The van der Waals surface area contributed by atoms with Crippen molar-refractivity contribution in [3.63, 3.8) is 0 Å². The van der Waals surface area contributed by atoms with Gasteiger partial charge in [0.15, 0.2) is 0 Å². The molecule has 0 aliphatic carbocycles. The van der Waals surface area contributed by atoms with Gasteiger partial charge < -0.3 is 15.5 Å². The zero-order chi connectivity index (χ0) is 15.1. The van der Waals surface area contributed by atoms with Gasteiger partial charge in [0.25, 0.3) is 0 Å². The van der Waals surface area contributed by atoms with Crippen LogP contribution in [0.15, 0.2) is 24.3 Å². The molecule has 0 saturated heterocycles. The predicted octanol–water partition coefficient (Wildman–Crippen LogP) is 2.06. The van der Waals surface area contributed by atoms with Crippen LogP contribution in [0.4, 0.5) is 10.5 Å². The summed E-state index contributed by atoms with van der Waals surface area (Å²) in [7, 11) is 0. The minimum absolute atomic E-state index is 0.0417. The lowest BCUT2D eigenvalue weighted by atomic mass is 10.2. The molecular formula is C15H23N3O2. The van der Waals surface area contributed by atoms with Crippen LogP contribution in [0.25, 0.3) is 0 Å². The number of anilines is 1. The predicted molar refractivity (Wildman–Crippen MR) is 80.9 cm³/mol. The highest BCUT2D eigenvalue weighted by molar-refractivity contribution is 5.91. The first kappa shape index (κ1) is 16.0. The van der Waals surface area contributed by atoms with Crippen molar-refractivity contribution >= 4 is 17.6 Å². The van der Waals surface area contributed by atoms with Gasteiger partial charge in [0.2, 0.25) is 5.91 Å². The van der Waals surface area contributed by atoms with Gasteiger partial charge in [-0.3, -0.25) is 4.79 Å². The summed E-state index contributed by atoms with van der Waals surface area (Å²) >= 11 is 0. The van der Waals surface area contributed by atoms with E-state index >= 15 is 0 Å². The SMILES string of the molecule is CC(=O)N(CCNC(=O)NC(C)C)c1ccc(C)cc1. The Hall–Kier alpha value is -2.04. The Labute approximate surface area is 120 Å². The van der Waals surface area contributed by atoms with Crippen molar-refractivity contribution in [1.29, 1.82) is 0 Å². The Bertz CT molecular complexity index is 455. The van der Waals surface area contributed by atoms with Gasteiger partial charge in [-0.2, -0.15) is 0 Å². The monoisotopic (exact) mass is 277 g/mol. The van der Waals surface area contributed by atoms with Gasteiger partial charge in [0.05, 0.1) is 0 Å². The summed E-state index contributed by atoms with van der Waals surface area (Å²) in [5.41, 5.74) is 1.99. The first-order valence-corrected chi connectivity index (χ1v) is 6.79. The lowest BCUT2D eigenvalue weighted by molar-refractivity contribution is -0.116. The number of amides is 3. The molecule has 5 nitrogen and oxygen atoms in total. The minimum Gasteiger partial charge on any atom is -0.336 e. The van der Waals surface area contributed by atoms with E-state index in [2.05, 4.69) is 10.6 Å².